The highest BCUT2D eigenvalue weighted by Gasteiger charge is 2.17. The monoisotopic (exact) mass is 529 g/mol. The summed E-state index contributed by atoms with van der Waals surface area (Å²) in [6.07, 6.45) is 0. The molecule has 1 heteroatoms. The van der Waals surface area contributed by atoms with E-state index in [1.54, 1.807) is 0 Å². The van der Waals surface area contributed by atoms with Gasteiger partial charge in [0.2, 0.25) is 0 Å². The first-order valence-electron chi connectivity index (χ1n) is 14.3. The van der Waals surface area contributed by atoms with E-state index < -0.39 is 0 Å². The first-order chi connectivity index (χ1) is 20.0. The van der Waals surface area contributed by atoms with Gasteiger partial charge in [0.05, 0.1) is 0 Å². The fourth-order valence-electron chi connectivity index (χ4n) is 5.28. The van der Waals surface area contributed by atoms with Gasteiger partial charge < -0.3 is 4.90 Å². The third-order valence-corrected chi connectivity index (χ3v) is 7.68. The van der Waals surface area contributed by atoms with Crippen LogP contribution >= 0.6 is 0 Å². The zero-order valence-corrected chi connectivity index (χ0v) is 24.0. The largest absolute Gasteiger partial charge is 0.311 e. The van der Waals surface area contributed by atoms with E-state index in [1.807, 2.05) is 0 Å². The van der Waals surface area contributed by atoms with Crippen molar-refractivity contribution in [2.75, 3.05) is 4.90 Å². The average Bonchev–Trinajstić information content (AvgIpc) is 3.03. The van der Waals surface area contributed by atoms with Crippen molar-refractivity contribution in [1.82, 2.24) is 0 Å². The van der Waals surface area contributed by atoms with Crippen molar-refractivity contribution < 1.29 is 0 Å². The van der Waals surface area contributed by atoms with Crippen LogP contribution in [0.5, 0.6) is 0 Å². The zero-order chi connectivity index (χ0) is 28.2. The van der Waals surface area contributed by atoms with Crippen LogP contribution in [0, 0.1) is 0 Å². The van der Waals surface area contributed by atoms with Crippen molar-refractivity contribution in [3.05, 3.63) is 163 Å². The fourth-order valence-corrected chi connectivity index (χ4v) is 5.28. The molecule has 0 aliphatic rings. The van der Waals surface area contributed by atoms with Crippen LogP contribution in [0.3, 0.4) is 0 Å². The lowest BCUT2D eigenvalue weighted by atomic mass is 9.87. The van der Waals surface area contributed by atoms with Crippen LogP contribution in [0.15, 0.2) is 158 Å². The minimum Gasteiger partial charge on any atom is -0.311 e. The number of nitrogens with zero attached hydrogens (tertiary/aromatic N) is 1. The molecule has 0 N–H and O–H groups in total. The Morgan fingerprint density at radius 1 is 0.317 bits per heavy atom. The van der Waals surface area contributed by atoms with Crippen molar-refractivity contribution in [3.63, 3.8) is 0 Å². The number of benzene rings is 6. The summed E-state index contributed by atoms with van der Waals surface area (Å²) in [4.78, 5) is 2.34. The summed E-state index contributed by atoms with van der Waals surface area (Å²) in [7, 11) is 0. The fraction of sp³-hybridized carbons (Fsp3) is 0.100. The standard InChI is InChI=1S/C40H35N/c1-40(2,3)36-22-28-39(29-23-36)41(37-24-18-34(19-25-37)31-12-8-5-9-13-31)38-26-20-35(21-27-38)33-16-14-32(15-17-33)30-10-6-4-7-11-30/h4-29H,1-3H3. The van der Waals surface area contributed by atoms with Gasteiger partial charge in [0.15, 0.2) is 0 Å². The molecular weight excluding hydrogens is 494 g/mol. The van der Waals surface area contributed by atoms with Gasteiger partial charge in [0, 0.05) is 17.1 Å². The topological polar surface area (TPSA) is 3.24 Å². The molecule has 0 unspecified atom stereocenters. The highest BCUT2D eigenvalue weighted by molar-refractivity contribution is 5.80. The number of hydrogen-bond acceptors (Lipinski definition) is 1. The molecule has 0 heterocycles. The van der Waals surface area contributed by atoms with Gasteiger partial charge in [0.1, 0.15) is 0 Å². The normalized spacial score (nSPS) is 11.3. The van der Waals surface area contributed by atoms with Crippen LogP contribution < -0.4 is 4.90 Å². The molecule has 0 amide bonds. The Labute approximate surface area is 244 Å². The van der Waals surface area contributed by atoms with Gasteiger partial charge >= 0.3 is 0 Å². The highest BCUT2D eigenvalue weighted by atomic mass is 15.1. The molecule has 0 fully saturated rings. The second-order valence-corrected chi connectivity index (χ2v) is 11.5. The Kier molecular flexibility index (Phi) is 7.27. The molecule has 0 aliphatic heterocycles. The number of anilines is 3. The Morgan fingerprint density at radius 3 is 0.902 bits per heavy atom. The first-order valence-corrected chi connectivity index (χ1v) is 14.3. The summed E-state index contributed by atoms with van der Waals surface area (Å²) in [6.45, 7) is 6.77. The molecule has 0 bridgehead atoms. The summed E-state index contributed by atoms with van der Waals surface area (Å²) < 4.78 is 0. The summed E-state index contributed by atoms with van der Waals surface area (Å²) in [5.41, 5.74) is 12.2. The minimum atomic E-state index is 0.110. The molecule has 0 aromatic heterocycles. The number of hydrogen-bond donors (Lipinski definition) is 0. The summed E-state index contributed by atoms with van der Waals surface area (Å²) in [6, 6.07) is 56.6. The van der Waals surface area contributed by atoms with E-state index >= 15 is 0 Å². The van der Waals surface area contributed by atoms with E-state index in [2.05, 4.69) is 183 Å². The maximum Gasteiger partial charge on any atom is 0.0462 e. The average molecular weight is 530 g/mol. The molecule has 1 nitrogen and oxygen atoms in total. The van der Waals surface area contributed by atoms with Crippen LogP contribution in [0.25, 0.3) is 33.4 Å². The predicted octanol–water partition coefficient (Wildman–Crippen LogP) is 11.5. The van der Waals surface area contributed by atoms with Gasteiger partial charge in [-0.25, -0.2) is 0 Å². The molecule has 0 aliphatic carbocycles. The maximum absolute atomic E-state index is 2.34. The SMILES string of the molecule is CC(C)(C)c1ccc(N(c2ccc(-c3ccccc3)cc2)c2ccc(-c3ccc(-c4ccccc4)cc3)cc2)cc1. The van der Waals surface area contributed by atoms with Crippen LogP contribution in [0.4, 0.5) is 17.1 Å². The van der Waals surface area contributed by atoms with Crippen LogP contribution in [0.1, 0.15) is 26.3 Å². The first kappa shape index (κ1) is 26.3. The maximum atomic E-state index is 2.34. The highest BCUT2D eigenvalue weighted by Crippen LogP contribution is 2.38. The van der Waals surface area contributed by atoms with Crippen LogP contribution in [-0.4, -0.2) is 0 Å². The van der Waals surface area contributed by atoms with Crippen molar-refractivity contribution in [2.45, 2.75) is 26.2 Å². The molecule has 200 valence electrons. The van der Waals surface area contributed by atoms with Gasteiger partial charge in [0.25, 0.3) is 0 Å². The molecule has 41 heavy (non-hydrogen) atoms. The summed E-state index contributed by atoms with van der Waals surface area (Å²) in [5, 5.41) is 0. The molecular formula is C40H35N. The Hall–Kier alpha value is -4.88. The molecule has 0 spiro atoms. The Bertz CT molecular complexity index is 1690. The zero-order valence-electron chi connectivity index (χ0n) is 24.0. The van der Waals surface area contributed by atoms with Gasteiger partial charge in [-0.05, 0) is 80.8 Å². The van der Waals surface area contributed by atoms with Crippen molar-refractivity contribution in [3.8, 4) is 33.4 Å². The molecule has 6 aromatic rings. The second kappa shape index (κ2) is 11.3. The Balaban J connectivity index is 1.33. The summed E-state index contributed by atoms with van der Waals surface area (Å²) >= 11 is 0. The molecule has 0 saturated heterocycles. The number of rotatable bonds is 6. The van der Waals surface area contributed by atoms with Crippen molar-refractivity contribution >= 4 is 17.1 Å². The molecule has 0 saturated carbocycles. The summed E-state index contributed by atoms with van der Waals surface area (Å²) in [5.74, 6) is 0. The molecule has 0 atom stereocenters. The third kappa shape index (κ3) is 5.85. The van der Waals surface area contributed by atoms with Crippen molar-refractivity contribution in [2.24, 2.45) is 0 Å². The van der Waals surface area contributed by atoms with E-state index in [-0.39, 0.29) is 5.41 Å². The van der Waals surface area contributed by atoms with Gasteiger partial charge in [-0.2, -0.15) is 0 Å². The quantitative estimate of drug-likeness (QED) is 0.207. The van der Waals surface area contributed by atoms with Gasteiger partial charge in [-0.3, -0.25) is 0 Å². The Morgan fingerprint density at radius 2 is 0.585 bits per heavy atom. The van der Waals surface area contributed by atoms with Gasteiger partial charge in [-0.1, -0.05) is 142 Å². The van der Waals surface area contributed by atoms with Crippen LogP contribution in [-0.2, 0) is 5.41 Å². The van der Waals surface area contributed by atoms with E-state index in [0.717, 1.165) is 17.1 Å². The van der Waals surface area contributed by atoms with E-state index in [0.29, 0.717) is 0 Å². The lowest BCUT2D eigenvalue weighted by molar-refractivity contribution is 0.590. The van der Waals surface area contributed by atoms with E-state index in [4.69, 9.17) is 0 Å². The van der Waals surface area contributed by atoms with Gasteiger partial charge in [-0.15, -0.1) is 0 Å². The molecule has 0 radical (unpaired) electrons. The minimum absolute atomic E-state index is 0.110. The molecule has 6 aromatic carbocycles. The smallest absolute Gasteiger partial charge is 0.0462 e. The van der Waals surface area contributed by atoms with Crippen LogP contribution in [0.2, 0.25) is 0 Å². The van der Waals surface area contributed by atoms with E-state index in [1.165, 1.54) is 38.9 Å². The lowest BCUT2D eigenvalue weighted by Gasteiger charge is -2.27. The van der Waals surface area contributed by atoms with E-state index in [9.17, 15) is 0 Å². The van der Waals surface area contributed by atoms with Crippen molar-refractivity contribution in [1.29, 1.82) is 0 Å². The second-order valence-electron chi connectivity index (χ2n) is 11.5. The lowest BCUT2D eigenvalue weighted by Crippen LogP contribution is -2.13. The molecule has 6 rings (SSSR count). The predicted molar refractivity (Wildman–Crippen MR) is 176 cm³/mol. The third-order valence-electron chi connectivity index (χ3n) is 7.68.